The fraction of sp³-hybridized carbons (Fsp3) is 0.167. The summed E-state index contributed by atoms with van der Waals surface area (Å²) in [6.45, 7) is 1.56. The third-order valence-electron chi connectivity index (χ3n) is 2.02. The first-order valence-corrected chi connectivity index (χ1v) is 6.10. The van der Waals surface area contributed by atoms with E-state index < -0.39 is 0 Å². The molecule has 0 aromatic carbocycles. The molecule has 0 aliphatic heterocycles. The molecule has 0 radical (unpaired) electrons. The van der Waals surface area contributed by atoms with Gasteiger partial charge in [0.25, 0.3) is 0 Å². The summed E-state index contributed by atoms with van der Waals surface area (Å²) in [5, 5.41) is 8.92. The molecule has 4 nitrogen and oxygen atoms in total. The molecule has 0 atom stereocenters. The van der Waals surface area contributed by atoms with E-state index in [1.165, 1.54) is 11.8 Å². The molecule has 86 valence electrons. The van der Waals surface area contributed by atoms with Crippen molar-refractivity contribution in [3.05, 3.63) is 36.7 Å². The van der Waals surface area contributed by atoms with Crippen LogP contribution in [0.25, 0.3) is 11.3 Å². The average molecular weight is 245 g/mol. The number of nitrogens with zero attached hydrogens (tertiary/aromatic N) is 3. The minimum Gasteiger partial charge on any atom is -0.299 e. The first-order chi connectivity index (χ1) is 8.25. The van der Waals surface area contributed by atoms with Crippen LogP contribution in [0.5, 0.6) is 0 Å². The number of carbonyl (C=O) groups is 1. The summed E-state index contributed by atoms with van der Waals surface area (Å²) < 4.78 is 0. The number of rotatable bonds is 4. The van der Waals surface area contributed by atoms with E-state index in [-0.39, 0.29) is 5.78 Å². The first-order valence-electron chi connectivity index (χ1n) is 5.12. The highest BCUT2D eigenvalue weighted by Gasteiger charge is 2.02. The van der Waals surface area contributed by atoms with Crippen LogP contribution in [0.2, 0.25) is 0 Å². The number of hydrogen-bond acceptors (Lipinski definition) is 5. The third kappa shape index (κ3) is 3.35. The van der Waals surface area contributed by atoms with Gasteiger partial charge in [0.15, 0.2) is 0 Å². The molecule has 2 aromatic rings. The number of hydrogen-bond donors (Lipinski definition) is 0. The van der Waals surface area contributed by atoms with Crippen LogP contribution in [0.15, 0.2) is 41.7 Å². The zero-order valence-electron chi connectivity index (χ0n) is 9.33. The van der Waals surface area contributed by atoms with Crippen LogP contribution in [0.4, 0.5) is 0 Å². The summed E-state index contributed by atoms with van der Waals surface area (Å²) in [6, 6.07) is 7.53. The molecule has 0 saturated heterocycles. The maximum absolute atomic E-state index is 10.8. The van der Waals surface area contributed by atoms with Crippen LogP contribution in [0.1, 0.15) is 6.92 Å². The molecule has 0 aliphatic rings. The molecular formula is C12H11N3OS. The zero-order chi connectivity index (χ0) is 12.1. The minimum atomic E-state index is 0.133. The topological polar surface area (TPSA) is 55.7 Å². The third-order valence-corrected chi connectivity index (χ3v) is 3.09. The van der Waals surface area contributed by atoms with Gasteiger partial charge in [0.05, 0.1) is 11.4 Å². The van der Waals surface area contributed by atoms with Crippen molar-refractivity contribution in [1.29, 1.82) is 0 Å². The Balaban J connectivity index is 2.11. The van der Waals surface area contributed by atoms with Gasteiger partial charge in [-0.05, 0) is 31.2 Å². The smallest absolute Gasteiger partial charge is 0.140 e. The lowest BCUT2D eigenvalue weighted by Gasteiger charge is -2.00. The fourth-order valence-corrected chi connectivity index (χ4v) is 1.85. The normalized spacial score (nSPS) is 10.2. The number of aromatic nitrogens is 3. The van der Waals surface area contributed by atoms with Gasteiger partial charge in [-0.15, -0.1) is 10.2 Å². The van der Waals surface area contributed by atoms with E-state index in [0.29, 0.717) is 5.75 Å². The van der Waals surface area contributed by atoms with E-state index in [1.807, 2.05) is 24.3 Å². The molecule has 0 amide bonds. The largest absolute Gasteiger partial charge is 0.299 e. The second-order valence-corrected chi connectivity index (χ2v) is 4.48. The van der Waals surface area contributed by atoms with Crippen LogP contribution < -0.4 is 0 Å². The highest BCUT2D eigenvalue weighted by atomic mass is 32.2. The molecule has 0 spiro atoms. The Morgan fingerprint density at radius 1 is 1.29 bits per heavy atom. The first kappa shape index (κ1) is 11.7. The van der Waals surface area contributed by atoms with Gasteiger partial charge in [-0.25, -0.2) is 0 Å². The Morgan fingerprint density at radius 3 is 2.76 bits per heavy atom. The molecule has 0 aliphatic carbocycles. The molecule has 17 heavy (non-hydrogen) atoms. The van der Waals surface area contributed by atoms with Crippen LogP contribution in [0.3, 0.4) is 0 Å². The molecule has 0 saturated carbocycles. The Hall–Kier alpha value is -1.75. The van der Waals surface area contributed by atoms with Gasteiger partial charge in [-0.3, -0.25) is 9.78 Å². The number of carbonyl (C=O) groups excluding carboxylic acids is 1. The van der Waals surface area contributed by atoms with Crippen molar-refractivity contribution >= 4 is 17.5 Å². The van der Waals surface area contributed by atoms with Crippen molar-refractivity contribution < 1.29 is 4.79 Å². The van der Waals surface area contributed by atoms with Gasteiger partial charge in [0.1, 0.15) is 10.8 Å². The quantitative estimate of drug-likeness (QED) is 0.773. The number of Topliss-reactive ketones (excluding diaryl/α,β-unsaturated/α-hetero) is 1. The summed E-state index contributed by atoms with van der Waals surface area (Å²) in [6.07, 6.45) is 3.46. The molecule has 2 rings (SSSR count). The van der Waals surface area contributed by atoms with Gasteiger partial charge >= 0.3 is 0 Å². The van der Waals surface area contributed by atoms with E-state index >= 15 is 0 Å². The minimum absolute atomic E-state index is 0.133. The average Bonchev–Trinajstić information content (AvgIpc) is 2.38. The zero-order valence-corrected chi connectivity index (χ0v) is 10.1. The van der Waals surface area contributed by atoms with Gasteiger partial charge in [-0.2, -0.15) is 0 Å². The van der Waals surface area contributed by atoms with Crippen molar-refractivity contribution in [3.8, 4) is 11.3 Å². The van der Waals surface area contributed by atoms with Crippen molar-refractivity contribution in [3.63, 3.8) is 0 Å². The fourth-order valence-electron chi connectivity index (χ4n) is 1.24. The summed E-state index contributed by atoms with van der Waals surface area (Å²) in [5.41, 5.74) is 1.72. The van der Waals surface area contributed by atoms with Gasteiger partial charge in [0.2, 0.25) is 0 Å². The summed E-state index contributed by atoms with van der Waals surface area (Å²) in [5.74, 6) is 0.564. The highest BCUT2D eigenvalue weighted by Crippen LogP contribution is 2.18. The Morgan fingerprint density at radius 2 is 2.18 bits per heavy atom. The SMILES string of the molecule is CC(=O)CSc1ccc(-c2cccnc2)nn1. The van der Waals surface area contributed by atoms with Crippen molar-refractivity contribution in [2.24, 2.45) is 0 Å². The second kappa shape index (κ2) is 5.54. The van der Waals surface area contributed by atoms with Crippen molar-refractivity contribution in [2.45, 2.75) is 11.9 Å². The second-order valence-electron chi connectivity index (χ2n) is 3.49. The van der Waals surface area contributed by atoms with Crippen LogP contribution >= 0.6 is 11.8 Å². The lowest BCUT2D eigenvalue weighted by atomic mass is 10.2. The Bertz CT molecular complexity index is 499. The van der Waals surface area contributed by atoms with E-state index in [4.69, 9.17) is 0 Å². The van der Waals surface area contributed by atoms with Gasteiger partial charge in [-0.1, -0.05) is 11.8 Å². The number of ketones is 1. The maximum atomic E-state index is 10.8. The van der Waals surface area contributed by atoms with E-state index in [9.17, 15) is 4.79 Å². The standard InChI is InChI=1S/C12H11N3OS/c1-9(16)8-17-12-5-4-11(14-15-12)10-3-2-6-13-7-10/h2-7H,8H2,1H3. The van der Waals surface area contributed by atoms with Crippen LogP contribution in [-0.2, 0) is 4.79 Å². The molecule has 0 unspecified atom stereocenters. The lowest BCUT2D eigenvalue weighted by Crippen LogP contribution is -1.95. The van der Waals surface area contributed by atoms with Gasteiger partial charge < -0.3 is 0 Å². The molecule has 0 N–H and O–H groups in total. The van der Waals surface area contributed by atoms with Crippen LogP contribution in [-0.4, -0.2) is 26.7 Å². The maximum Gasteiger partial charge on any atom is 0.140 e. The van der Waals surface area contributed by atoms with Gasteiger partial charge in [0, 0.05) is 18.0 Å². The molecule has 0 fully saturated rings. The summed E-state index contributed by atoms with van der Waals surface area (Å²) >= 11 is 1.39. The number of pyridine rings is 1. The van der Waals surface area contributed by atoms with Crippen molar-refractivity contribution in [1.82, 2.24) is 15.2 Å². The molecular weight excluding hydrogens is 234 g/mol. The lowest BCUT2D eigenvalue weighted by molar-refractivity contribution is -0.114. The molecule has 2 aromatic heterocycles. The summed E-state index contributed by atoms with van der Waals surface area (Å²) in [7, 11) is 0. The van der Waals surface area contributed by atoms with Crippen LogP contribution in [0, 0.1) is 0 Å². The highest BCUT2D eigenvalue weighted by molar-refractivity contribution is 7.99. The van der Waals surface area contributed by atoms with E-state index in [0.717, 1.165) is 16.3 Å². The number of thioether (sulfide) groups is 1. The predicted octanol–water partition coefficient (Wildman–Crippen LogP) is 2.22. The van der Waals surface area contributed by atoms with E-state index in [2.05, 4.69) is 15.2 Å². The summed E-state index contributed by atoms with van der Waals surface area (Å²) in [4.78, 5) is 14.9. The predicted molar refractivity (Wildman–Crippen MR) is 66.7 cm³/mol. The molecule has 5 heteroatoms. The van der Waals surface area contributed by atoms with E-state index in [1.54, 1.807) is 19.3 Å². The monoisotopic (exact) mass is 245 g/mol. The van der Waals surface area contributed by atoms with Crippen molar-refractivity contribution in [2.75, 3.05) is 5.75 Å². The Labute approximate surface area is 103 Å². The Kier molecular flexibility index (Phi) is 3.82. The molecule has 0 bridgehead atoms. The molecule has 2 heterocycles.